The number of hydrogen-bond acceptors (Lipinski definition) is 6. The molecule has 0 spiro atoms. The molecule has 116 valence electrons. The molecule has 0 radical (unpaired) electrons. The molecule has 1 aromatic rings. The van der Waals surface area contributed by atoms with Crippen molar-refractivity contribution in [2.75, 3.05) is 39.5 Å². The molecule has 7 nitrogen and oxygen atoms in total. The SMILES string of the molecule is O=S(=O)(NCC1CNCCO1)c1ccc2c(c1)OCCO2. The van der Waals surface area contributed by atoms with Gasteiger partial charge in [0.05, 0.1) is 17.6 Å². The summed E-state index contributed by atoms with van der Waals surface area (Å²) in [5.41, 5.74) is 0. The van der Waals surface area contributed by atoms with Crippen molar-refractivity contribution in [3.05, 3.63) is 18.2 Å². The van der Waals surface area contributed by atoms with Crippen molar-refractivity contribution < 1.29 is 22.6 Å². The number of nitrogens with one attached hydrogen (secondary N) is 2. The number of rotatable bonds is 4. The van der Waals surface area contributed by atoms with Gasteiger partial charge in [-0.15, -0.1) is 0 Å². The van der Waals surface area contributed by atoms with Gasteiger partial charge in [0.25, 0.3) is 0 Å². The third kappa shape index (κ3) is 3.46. The van der Waals surface area contributed by atoms with Crippen LogP contribution in [0.25, 0.3) is 0 Å². The number of hydrogen-bond donors (Lipinski definition) is 2. The molecule has 1 fully saturated rings. The van der Waals surface area contributed by atoms with Gasteiger partial charge in [-0.05, 0) is 12.1 Å². The van der Waals surface area contributed by atoms with E-state index in [1.807, 2.05) is 0 Å². The molecule has 8 heteroatoms. The Balaban J connectivity index is 1.69. The zero-order valence-electron chi connectivity index (χ0n) is 11.5. The highest BCUT2D eigenvalue weighted by Crippen LogP contribution is 2.32. The standard InChI is InChI=1S/C13H18N2O5S/c16-21(17,15-9-10-8-14-3-4-18-10)11-1-2-12-13(7-11)20-6-5-19-12/h1-2,7,10,14-15H,3-6,8-9H2. The quantitative estimate of drug-likeness (QED) is 0.795. The van der Waals surface area contributed by atoms with Gasteiger partial charge >= 0.3 is 0 Å². The fourth-order valence-corrected chi connectivity index (χ4v) is 3.31. The summed E-state index contributed by atoms with van der Waals surface area (Å²) in [6.07, 6.45) is -0.147. The Hall–Kier alpha value is -1.35. The average Bonchev–Trinajstić information content (AvgIpc) is 2.53. The Morgan fingerprint density at radius 1 is 1.19 bits per heavy atom. The number of ether oxygens (including phenoxy) is 3. The monoisotopic (exact) mass is 314 g/mol. The molecule has 1 aromatic carbocycles. The molecule has 0 aromatic heterocycles. The van der Waals surface area contributed by atoms with Gasteiger partial charge in [-0.2, -0.15) is 0 Å². The summed E-state index contributed by atoms with van der Waals surface area (Å²) in [7, 11) is -3.59. The van der Waals surface area contributed by atoms with E-state index in [1.54, 1.807) is 6.07 Å². The topological polar surface area (TPSA) is 85.9 Å². The Labute approximate surface area is 123 Å². The summed E-state index contributed by atoms with van der Waals surface area (Å²) in [6, 6.07) is 4.61. The molecule has 2 N–H and O–H groups in total. The van der Waals surface area contributed by atoms with Crippen LogP contribution in [0.15, 0.2) is 23.1 Å². The lowest BCUT2D eigenvalue weighted by Crippen LogP contribution is -2.45. The zero-order valence-corrected chi connectivity index (χ0v) is 12.3. The first-order chi connectivity index (χ1) is 10.1. The maximum atomic E-state index is 12.3. The van der Waals surface area contributed by atoms with Crippen LogP contribution in [-0.2, 0) is 14.8 Å². The number of fused-ring (bicyclic) bond motifs is 1. The van der Waals surface area contributed by atoms with E-state index in [-0.39, 0.29) is 17.5 Å². The molecule has 0 bridgehead atoms. The number of sulfonamides is 1. The van der Waals surface area contributed by atoms with Crippen LogP contribution in [0.3, 0.4) is 0 Å². The zero-order chi connectivity index (χ0) is 14.7. The highest BCUT2D eigenvalue weighted by atomic mass is 32.2. The largest absolute Gasteiger partial charge is 0.486 e. The molecule has 0 amide bonds. The Morgan fingerprint density at radius 2 is 2.00 bits per heavy atom. The summed E-state index contributed by atoms with van der Waals surface area (Å²) in [5.74, 6) is 1.03. The predicted molar refractivity (Wildman–Crippen MR) is 75.2 cm³/mol. The van der Waals surface area contributed by atoms with E-state index in [0.29, 0.717) is 37.9 Å². The summed E-state index contributed by atoms with van der Waals surface area (Å²) in [6.45, 7) is 3.17. The molecule has 1 atom stereocenters. The average molecular weight is 314 g/mol. The Morgan fingerprint density at radius 3 is 2.76 bits per heavy atom. The molecule has 2 aliphatic heterocycles. The summed E-state index contributed by atoms with van der Waals surface area (Å²) in [5, 5.41) is 3.16. The van der Waals surface area contributed by atoms with Gasteiger partial charge in [-0.3, -0.25) is 0 Å². The van der Waals surface area contributed by atoms with Crippen molar-refractivity contribution in [1.29, 1.82) is 0 Å². The van der Waals surface area contributed by atoms with Crippen LogP contribution in [0.1, 0.15) is 0 Å². The Bertz CT molecular complexity index is 599. The van der Waals surface area contributed by atoms with Crippen molar-refractivity contribution >= 4 is 10.0 Å². The molecule has 1 saturated heterocycles. The van der Waals surface area contributed by atoms with E-state index in [9.17, 15) is 8.42 Å². The summed E-state index contributed by atoms with van der Waals surface area (Å²) in [4.78, 5) is 0.163. The molecule has 0 saturated carbocycles. The Kier molecular flexibility index (Phi) is 4.29. The third-order valence-electron chi connectivity index (χ3n) is 3.33. The van der Waals surface area contributed by atoms with E-state index in [0.717, 1.165) is 6.54 Å². The lowest BCUT2D eigenvalue weighted by atomic mass is 10.3. The van der Waals surface area contributed by atoms with Crippen molar-refractivity contribution in [2.45, 2.75) is 11.0 Å². The molecule has 0 aliphatic carbocycles. The van der Waals surface area contributed by atoms with Crippen LogP contribution in [0.5, 0.6) is 11.5 Å². The predicted octanol–water partition coefficient (Wildman–Crippen LogP) is -0.276. The molecular formula is C13H18N2O5S. The maximum absolute atomic E-state index is 12.3. The fourth-order valence-electron chi connectivity index (χ4n) is 2.23. The second-order valence-corrected chi connectivity index (χ2v) is 6.62. The first kappa shape index (κ1) is 14.6. The lowest BCUT2D eigenvalue weighted by Gasteiger charge is -2.24. The fraction of sp³-hybridized carbons (Fsp3) is 0.538. The maximum Gasteiger partial charge on any atom is 0.240 e. The van der Waals surface area contributed by atoms with E-state index in [2.05, 4.69) is 10.0 Å². The van der Waals surface area contributed by atoms with Crippen molar-refractivity contribution in [3.8, 4) is 11.5 Å². The van der Waals surface area contributed by atoms with Crippen molar-refractivity contribution in [2.24, 2.45) is 0 Å². The van der Waals surface area contributed by atoms with Gasteiger partial charge in [0, 0.05) is 25.7 Å². The normalized spacial score (nSPS) is 22.0. The van der Waals surface area contributed by atoms with E-state index in [1.165, 1.54) is 12.1 Å². The minimum Gasteiger partial charge on any atom is -0.486 e. The van der Waals surface area contributed by atoms with E-state index in [4.69, 9.17) is 14.2 Å². The first-order valence-electron chi connectivity index (χ1n) is 6.87. The van der Waals surface area contributed by atoms with Crippen LogP contribution >= 0.6 is 0 Å². The number of benzene rings is 1. The molecule has 21 heavy (non-hydrogen) atoms. The molecule has 3 rings (SSSR count). The lowest BCUT2D eigenvalue weighted by molar-refractivity contribution is 0.0324. The molecule has 2 aliphatic rings. The van der Waals surface area contributed by atoms with Crippen molar-refractivity contribution in [1.82, 2.24) is 10.0 Å². The second kappa shape index (κ2) is 6.18. The van der Waals surface area contributed by atoms with Crippen LogP contribution in [-0.4, -0.2) is 54.0 Å². The van der Waals surface area contributed by atoms with Crippen LogP contribution in [0, 0.1) is 0 Å². The van der Waals surface area contributed by atoms with Gasteiger partial charge in [-0.1, -0.05) is 0 Å². The van der Waals surface area contributed by atoms with Gasteiger partial charge in [0.15, 0.2) is 11.5 Å². The highest BCUT2D eigenvalue weighted by Gasteiger charge is 2.21. The smallest absolute Gasteiger partial charge is 0.240 e. The molecule has 2 heterocycles. The molecular weight excluding hydrogens is 296 g/mol. The van der Waals surface area contributed by atoms with Gasteiger partial charge in [-0.25, -0.2) is 13.1 Å². The third-order valence-corrected chi connectivity index (χ3v) is 4.75. The minimum absolute atomic E-state index is 0.147. The van der Waals surface area contributed by atoms with E-state index >= 15 is 0 Å². The highest BCUT2D eigenvalue weighted by molar-refractivity contribution is 7.89. The van der Waals surface area contributed by atoms with Crippen LogP contribution < -0.4 is 19.5 Å². The van der Waals surface area contributed by atoms with Gasteiger partial charge < -0.3 is 19.5 Å². The van der Waals surface area contributed by atoms with Gasteiger partial charge in [0.1, 0.15) is 13.2 Å². The van der Waals surface area contributed by atoms with Gasteiger partial charge in [0.2, 0.25) is 10.0 Å². The van der Waals surface area contributed by atoms with Crippen LogP contribution in [0.4, 0.5) is 0 Å². The van der Waals surface area contributed by atoms with Crippen molar-refractivity contribution in [3.63, 3.8) is 0 Å². The number of morpholine rings is 1. The first-order valence-corrected chi connectivity index (χ1v) is 8.35. The summed E-state index contributed by atoms with van der Waals surface area (Å²) >= 11 is 0. The second-order valence-electron chi connectivity index (χ2n) is 4.85. The van der Waals surface area contributed by atoms with E-state index < -0.39 is 10.0 Å². The summed E-state index contributed by atoms with van der Waals surface area (Å²) < 4.78 is 43.4. The molecule has 1 unspecified atom stereocenters. The van der Waals surface area contributed by atoms with Crippen LogP contribution in [0.2, 0.25) is 0 Å². The minimum atomic E-state index is -3.59.